The zero-order valence-electron chi connectivity index (χ0n) is 52.6. The Hall–Kier alpha value is -3.93. The van der Waals surface area contributed by atoms with Gasteiger partial charge in [0.25, 0.3) is 0 Å². The highest BCUT2D eigenvalue weighted by Gasteiger charge is 2.19. The van der Waals surface area contributed by atoms with E-state index in [-0.39, 0.29) is 37.5 Å². The second-order valence-electron chi connectivity index (χ2n) is 22.3. The van der Waals surface area contributed by atoms with Crippen LogP contribution in [-0.4, -0.2) is 37.2 Å². The summed E-state index contributed by atoms with van der Waals surface area (Å²) in [5.41, 5.74) is 0. The van der Waals surface area contributed by atoms with E-state index in [1.54, 1.807) is 0 Å². The molecular weight excluding hydrogens is 985 g/mol. The molecule has 0 aromatic rings. The van der Waals surface area contributed by atoms with Gasteiger partial charge in [-0.25, -0.2) is 0 Å². The van der Waals surface area contributed by atoms with Gasteiger partial charge in [-0.3, -0.25) is 14.4 Å². The number of rotatable bonds is 61. The number of hydrogen-bond acceptors (Lipinski definition) is 6. The van der Waals surface area contributed by atoms with Crippen molar-refractivity contribution in [1.82, 2.24) is 0 Å². The van der Waals surface area contributed by atoms with Crippen LogP contribution in [-0.2, 0) is 28.6 Å². The highest BCUT2D eigenvalue weighted by atomic mass is 16.6. The van der Waals surface area contributed by atoms with Gasteiger partial charge in [0.05, 0.1) is 0 Å². The third kappa shape index (κ3) is 64.9. The summed E-state index contributed by atoms with van der Waals surface area (Å²) >= 11 is 0. The molecule has 1 unspecified atom stereocenters. The molecule has 1 atom stereocenters. The van der Waals surface area contributed by atoms with Crippen LogP contribution in [0.5, 0.6) is 0 Å². The molecule has 0 saturated heterocycles. The summed E-state index contributed by atoms with van der Waals surface area (Å²) in [6.45, 7) is 6.50. The van der Waals surface area contributed by atoms with Crippen LogP contribution >= 0.6 is 0 Å². The average molecular weight is 1110 g/mol. The smallest absolute Gasteiger partial charge is 0.306 e. The minimum absolute atomic E-state index is 0.0987. The Kier molecular flexibility index (Phi) is 64.3. The molecule has 0 aromatic heterocycles. The maximum atomic E-state index is 12.9. The zero-order valence-corrected chi connectivity index (χ0v) is 52.6. The van der Waals surface area contributed by atoms with Crippen molar-refractivity contribution in [3.05, 3.63) is 109 Å². The van der Waals surface area contributed by atoms with Crippen LogP contribution in [0.15, 0.2) is 109 Å². The first-order valence-corrected chi connectivity index (χ1v) is 33.9. The Morgan fingerprint density at radius 3 is 0.812 bits per heavy atom. The standard InChI is InChI=1S/C74H126O6/c1-4-7-10-13-16-19-22-25-28-31-34-36-37-39-40-43-46-49-52-55-58-61-64-67-73(76)79-70-71(69-78-72(75)66-63-60-57-54-51-48-45-42-33-30-27-24-21-18-15-12-9-6-3)80-74(77)68-65-62-59-56-53-50-47-44-41-38-35-32-29-26-23-20-17-14-11-8-5-2/h8,11,17,20-21,24,26,29-31,33-35,38,44,47,53,56,71H,4-7,9-10,12-16,18-19,22-23,25,27-28,32,36-37,39-43,45-46,48-52,54-55,57-70H2,1-3H3/b11-8-,20-17-,24-21-,29-26-,33-30-,34-31-,38-35-,47-44-,56-53-. The largest absolute Gasteiger partial charge is 0.462 e. The molecule has 0 amide bonds. The monoisotopic (exact) mass is 1110 g/mol. The van der Waals surface area contributed by atoms with Gasteiger partial charge in [-0.05, 0) is 128 Å². The number of carbonyl (C=O) groups is 3. The van der Waals surface area contributed by atoms with Crippen molar-refractivity contribution in [3.8, 4) is 0 Å². The third-order valence-electron chi connectivity index (χ3n) is 14.5. The van der Waals surface area contributed by atoms with Crippen molar-refractivity contribution in [1.29, 1.82) is 0 Å². The van der Waals surface area contributed by atoms with Crippen LogP contribution in [0.25, 0.3) is 0 Å². The Labute approximate surface area is 495 Å². The Balaban J connectivity index is 4.45. The molecule has 0 radical (unpaired) electrons. The van der Waals surface area contributed by atoms with Gasteiger partial charge in [-0.2, -0.15) is 0 Å². The second-order valence-corrected chi connectivity index (χ2v) is 22.3. The SMILES string of the molecule is CC/C=C\C/C=C\C/C=C\C/C=C\C/C=C\C/C=C\CCCCC(=O)OC(COC(=O)CCCCCCCCC/C=C\C/C=C\CCCCCC)COC(=O)CCCCCCCCCCCCC/C=C\CCCCCCCCCC. The van der Waals surface area contributed by atoms with Crippen molar-refractivity contribution in [2.75, 3.05) is 13.2 Å². The summed E-state index contributed by atoms with van der Waals surface area (Å²) in [6, 6.07) is 0. The van der Waals surface area contributed by atoms with Crippen LogP contribution in [0.2, 0.25) is 0 Å². The van der Waals surface area contributed by atoms with Crippen LogP contribution in [0.4, 0.5) is 0 Å². The molecule has 6 nitrogen and oxygen atoms in total. The second kappa shape index (κ2) is 67.6. The highest BCUT2D eigenvalue weighted by Crippen LogP contribution is 2.16. The van der Waals surface area contributed by atoms with E-state index >= 15 is 0 Å². The Bertz CT molecular complexity index is 1610. The minimum atomic E-state index is -0.809. The number of carbonyl (C=O) groups excluding carboxylic acids is 3. The first-order valence-electron chi connectivity index (χ1n) is 33.9. The molecule has 0 bridgehead atoms. The summed E-state index contributed by atoms with van der Waals surface area (Å²) < 4.78 is 16.9. The molecule has 80 heavy (non-hydrogen) atoms. The fraction of sp³-hybridized carbons (Fsp3) is 0.716. The van der Waals surface area contributed by atoms with Gasteiger partial charge < -0.3 is 14.2 Å². The van der Waals surface area contributed by atoms with E-state index in [4.69, 9.17) is 14.2 Å². The molecule has 0 rings (SSSR count). The van der Waals surface area contributed by atoms with Crippen molar-refractivity contribution in [2.45, 2.75) is 329 Å². The normalized spacial score (nSPS) is 12.8. The Morgan fingerprint density at radius 1 is 0.263 bits per heavy atom. The van der Waals surface area contributed by atoms with Gasteiger partial charge in [-0.15, -0.1) is 0 Å². The fourth-order valence-electron chi connectivity index (χ4n) is 9.41. The van der Waals surface area contributed by atoms with Crippen molar-refractivity contribution < 1.29 is 28.6 Å². The van der Waals surface area contributed by atoms with E-state index in [1.807, 2.05) is 0 Å². The zero-order chi connectivity index (χ0) is 57.8. The first kappa shape index (κ1) is 76.1. The minimum Gasteiger partial charge on any atom is -0.462 e. The maximum absolute atomic E-state index is 12.9. The molecule has 0 saturated carbocycles. The number of esters is 3. The van der Waals surface area contributed by atoms with Crippen LogP contribution in [0, 0.1) is 0 Å². The Morgan fingerprint density at radius 2 is 0.487 bits per heavy atom. The summed E-state index contributed by atoms with van der Waals surface area (Å²) in [4.78, 5) is 38.4. The lowest BCUT2D eigenvalue weighted by Gasteiger charge is -2.18. The molecule has 0 aliphatic heterocycles. The van der Waals surface area contributed by atoms with Gasteiger partial charge in [0, 0.05) is 19.3 Å². The summed E-state index contributed by atoms with van der Waals surface area (Å²) in [5.74, 6) is -0.941. The first-order chi connectivity index (χ1) is 39.5. The molecule has 0 aromatic carbocycles. The molecule has 0 aliphatic carbocycles. The summed E-state index contributed by atoms with van der Waals surface area (Å²) in [5, 5.41) is 0. The molecule has 458 valence electrons. The van der Waals surface area contributed by atoms with E-state index < -0.39 is 6.10 Å². The molecule has 0 heterocycles. The molecule has 0 spiro atoms. The lowest BCUT2D eigenvalue weighted by Crippen LogP contribution is -2.30. The number of allylic oxidation sites excluding steroid dienone is 18. The predicted molar refractivity (Wildman–Crippen MR) is 348 cm³/mol. The van der Waals surface area contributed by atoms with E-state index in [9.17, 15) is 14.4 Å². The fourth-order valence-corrected chi connectivity index (χ4v) is 9.41. The van der Waals surface area contributed by atoms with Crippen molar-refractivity contribution >= 4 is 17.9 Å². The molecule has 6 heteroatoms. The number of unbranched alkanes of at least 4 members (excludes halogenated alkanes) is 32. The van der Waals surface area contributed by atoms with E-state index in [1.165, 1.54) is 173 Å². The quantitative estimate of drug-likeness (QED) is 0.0261. The van der Waals surface area contributed by atoms with Gasteiger partial charge >= 0.3 is 17.9 Å². The summed E-state index contributed by atoms with van der Waals surface area (Å²) in [7, 11) is 0. The third-order valence-corrected chi connectivity index (χ3v) is 14.5. The van der Waals surface area contributed by atoms with E-state index in [0.717, 1.165) is 103 Å². The molecular formula is C74H126O6. The predicted octanol–water partition coefficient (Wildman–Crippen LogP) is 23.4. The van der Waals surface area contributed by atoms with E-state index in [2.05, 4.69) is 130 Å². The highest BCUT2D eigenvalue weighted by molar-refractivity contribution is 5.71. The lowest BCUT2D eigenvalue weighted by atomic mass is 10.0. The van der Waals surface area contributed by atoms with Crippen LogP contribution < -0.4 is 0 Å². The molecule has 0 aliphatic rings. The lowest BCUT2D eigenvalue weighted by molar-refractivity contribution is -0.167. The topological polar surface area (TPSA) is 78.9 Å². The van der Waals surface area contributed by atoms with Crippen molar-refractivity contribution in [2.24, 2.45) is 0 Å². The van der Waals surface area contributed by atoms with Gasteiger partial charge in [0.1, 0.15) is 13.2 Å². The summed E-state index contributed by atoms with van der Waals surface area (Å²) in [6.07, 6.45) is 92.4. The number of hydrogen-bond donors (Lipinski definition) is 0. The molecule has 0 fully saturated rings. The van der Waals surface area contributed by atoms with Crippen LogP contribution in [0.3, 0.4) is 0 Å². The average Bonchev–Trinajstić information content (AvgIpc) is 3.46. The van der Waals surface area contributed by atoms with Gasteiger partial charge in [0.2, 0.25) is 0 Å². The maximum Gasteiger partial charge on any atom is 0.306 e. The van der Waals surface area contributed by atoms with Gasteiger partial charge in [0.15, 0.2) is 6.10 Å². The molecule has 0 N–H and O–H groups in total. The van der Waals surface area contributed by atoms with Crippen LogP contribution in [0.1, 0.15) is 323 Å². The van der Waals surface area contributed by atoms with Crippen molar-refractivity contribution in [3.63, 3.8) is 0 Å². The number of ether oxygens (including phenoxy) is 3. The van der Waals surface area contributed by atoms with E-state index in [0.29, 0.717) is 19.3 Å². The van der Waals surface area contributed by atoms with Gasteiger partial charge in [-0.1, -0.05) is 284 Å².